The van der Waals surface area contributed by atoms with Crippen LogP contribution in [0.4, 0.5) is 5.69 Å². The molecule has 5 heteroatoms. The molecule has 0 unspecified atom stereocenters. The lowest BCUT2D eigenvalue weighted by Crippen LogP contribution is -2.11. The Balaban J connectivity index is 2.13. The van der Waals surface area contributed by atoms with Gasteiger partial charge in [-0.1, -0.05) is 6.07 Å². The largest absolute Gasteiger partial charge is 0.456 e. The zero-order chi connectivity index (χ0) is 15.6. The lowest BCUT2D eigenvalue weighted by molar-refractivity contribution is 0.0461. The summed E-state index contributed by atoms with van der Waals surface area (Å²) in [6.07, 6.45) is 0. The minimum Gasteiger partial charge on any atom is -0.456 e. The van der Waals surface area contributed by atoms with Crippen molar-refractivity contribution in [3.8, 4) is 0 Å². The molecule has 2 rings (SSSR count). The van der Waals surface area contributed by atoms with Crippen molar-refractivity contribution in [2.45, 2.75) is 40.8 Å². The molecule has 0 amide bonds. The highest BCUT2D eigenvalue weighted by Gasteiger charge is 2.14. The van der Waals surface area contributed by atoms with Gasteiger partial charge in [0.1, 0.15) is 6.61 Å². The second-order valence-corrected chi connectivity index (χ2v) is 5.19. The standard InChI is InChI=1S/C16H21N3O2/c1-5-19-13(7-12(4)18-19)9-21-16(20)14-8-15(17)11(3)6-10(14)2/h6-8H,5,9,17H2,1-4H3. The summed E-state index contributed by atoms with van der Waals surface area (Å²) in [5.41, 5.74) is 10.6. The smallest absolute Gasteiger partial charge is 0.338 e. The van der Waals surface area contributed by atoms with Crippen LogP contribution in [0, 0.1) is 20.8 Å². The summed E-state index contributed by atoms with van der Waals surface area (Å²) in [5, 5.41) is 4.33. The Labute approximate surface area is 124 Å². The van der Waals surface area contributed by atoms with Gasteiger partial charge in [-0.2, -0.15) is 5.10 Å². The van der Waals surface area contributed by atoms with Gasteiger partial charge in [0.2, 0.25) is 0 Å². The SMILES string of the molecule is CCn1nc(C)cc1COC(=O)c1cc(N)c(C)cc1C. The van der Waals surface area contributed by atoms with Crippen LogP contribution in [-0.4, -0.2) is 15.7 Å². The first-order valence-corrected chi connectivity index (χ1v) is 6.99. The third-order valence-corrected chi connectivity index (χ3v) is 3.47. The van der Waals surface area contributed by atoms with Crippen LogP contribution in [0.1, 0.15) is 39.8 Å². The molecular weight excluding hydrogens is 266 g/mol. The van der Waals surface area contributed by atoms with Crippen LogP contribution >= 0.6 is 0 Å². The molecule has 0 spiro atoms. The van der Waals surface area contributed by atoms with Crippen molar-refractivity contribution in [1.29, 1.82) is 0 Å². The van der Waals surface area contributed by atoms with E-state index in [1.807, 2.05) is 44.5 Å². The monoisotopic (exact) mass is 287 g/mol. The van der Waals surface area contributed by atoms with Crippen LogP contribution in [0.3, 0.4) is 0 Å². The number of hydrogen-bond acceptors (Lipinski definition) is 4. The van der Waals surface area contributed by atoms with E-state index in [0.717, 1.165) is 29.1 Å². The highest BCUT2D eigenvalue weighted by molar-refractivity contribution is 5.92. The third-order valence-electron chi connectivity index (χ3n) is 3.47. The maximum atomic E-state index is 12.2. The lowest BCUT2D eigenvalue weighted by atomic mass is 10.0. The summed E-state index contributed by atoms with van der Waals surface area (Å²) in [7, 11) is 0. The summed E-state index contributed by atoms with van der Waals surface area (Å²) < 4.78 is 7.22. The summed E-state index contributed by atoms with van der Waals surface area (Å²) >= 11 is 0. The Bertz CT molecular complexity index is 674. The van der Waals surface area contributed by atoms with Crippen molar-refractivity contribution in [3.05, 3.63) is 46.3 Å². The second-order valence-electron chi connectivity index (χ2n) is 5.19. The number of nitrogens with two attached hydrogens (primary N) is 1. The Morgan fingerprint density at radius 1 is 1.24 bits per heavy atom. The number of benzene rings is 1. The number of aryl methyl sites for hydroxylation is 4. The van der Waals surface area contributed by atoms with Gasteiger partial charge < -0.3 is 10.5 Å². The van der Waals surface area contributed by atoms with Gasteiger partial charge in [-0.3, -0.25) is 4.68 Å². The number of esters is 1. The van der Waals surface area contributed by atoms with Gasteiger partial charge >= 0.3 is 5.97 Å². The number of anilines is 1. The summed E-state index contributed by atoms with van der Waals surface area (Å²) in [6.45, 7) is 8.67. The van der Waals surface area contributed by atoms with Crippen LogP contribution in [0.2, 0.25) is 0 Å². The van der Waals surface area contributed by atoms with Crippen LogP contribution in [0.15, 0.2) is 18.2 Å². The van der Waals surface area contributed by atoms with E-state index in [1.165, 1.54) is 0 Å². The fourth-order valence-corrected chi connectivity index (χ4v) is 2.30. The summed E-state index contributed by atoms with van der Waals surface area (Å²) in [4.78, 5) is 12.2. The summed E-state index contributed by atoms with van der Waals surface area (Å²) in [6, 6.07) is 5.49. The number of carbonyl (C=O) groups is 1. The van der Waals surface area contributed by atoms with Gasteiger partial charge in [-0.25, -0.2) is 4.79 Å². The predicted octanol–water partition coefficient (Wildman–Crippen LogP) is 2.77. The third kappa shape index (κ3) is 3.24. The van der Waals surface area contributed by atoms with Gasteiger partial charge in [-0.05, 0) is 51.0 Å². The molecule has 0 saturated heterocycles. The first kappa shape index (κ1) is 15.1. The van der Waals surface area contributed by atoms with Crippen molar-refractivity contribution in [1.82, 2.24) is 9.78 Å². The quantitative estimate of drug-likeness (QED) is 0.693. The van der Waals surface area contributed by atoms with Gasteiger partial charge in [-0.15, -0.1) is 0 Å². The Hall–Kier alpha value is -2.30. The molecule has 5 nitrogen and oxygen atoms in total. The molecule has 1 aromatic heterocycles. The second kappa shape index (κ2) is 5.99. The van der Waals surface area contributed by atoms with Crippen molar-refractivity contribution in [2.75, 3.05) is 5.73 Å². The fourth-order valence-electron chi connectivity index (χ4n) is 2.30. The molecule has 2 N–H and O–H groups in total. The summed E-state index contributed by atoms with van der Waals surface area (Å²) in [5.74, 6) is -0.360. The van der Waals surface area contributed by atoms with Gasteiger partial charge in [0, 0.05) is 12.2 Å². The average molecular weight is 287 g/mol. The highest BCUT2D eigenvalue weighted by Crippen LogP contribution is 2.19. The molecule has 0 aliphatic rings. The first-order chi connectivity index (χ1) is 9.92. The Kier molecular flexibility index (Phi) is 4.31. The minimum absolute atomic E-state index is 0.209. The topological polar surface area (TPSA) is 70.1 Å². The van der Waals surface area contributed by atoms with Gasteiger partial charge in [0.25, 0.3) is 0 Å². The van der Waals surface area contributed by atoms with Crippen molar-refractivity contribution in [3.63, 3.8) is 0 Å². The van der Waals surface area contributed by atoms with Crippen molar-refractivity contribution in [2.24, 2.45) is 0 Å². The van der Waals surface area contributed by atoms with Crippen LogP contribution < -0.4 is 5.73 Å². The van der Waals surface area contributed by atoms with Crippen molar-refractivity contribution >= 4 is 11.7 Å². The molecule has 2 aromatic rings. The normalized spacial score (nSPS) is 10.7. The predicted molar refractivity (Wildman–Crippen MR) is 82.1 cm³/mol. The number of nitrogen functional groups attached to an aromatic ring is 1. The van der Waals surface area contributed by atoms with E-state index in [0.29, 0.717) is 11.3 Å². The molecule has 0 aliphatic carbocycles. The van der Waals surface area contributed by atoms with E-state index in [9.17, 15) is 4.79 Å². The zero-order valence-corrected chi connectivity index (χ0v) is 12.9. The molecular formula is C16H21N3O2. The number of aromatic nitrogens is 2. The molecule has 0 bridgehead atoms. The highest BCUT2D eigenvalue weighted by atomic mass is 16.5. The van der Waals surface area contributed by atoms with E-state index in [4.69, 9.17) is 10.5 Å². The number of rotatable bonds is 4. The first-order valence-electron chi connectivity index (χ1n) is 6.99. The molecule has 0 fully saturated rings. The van der Waals surface area contributed by atoms with Crippen LogP contribution in [0.5, 0.6) is 0 Å². The molecule has 21 heavy (non-hydrogen) atoms. The average Bonchev–Trinajstić information content (AvgIpc) is 2.80. The number of ether oxygens (including phenoxy) is 1. The van der Waals surface area contributed by atoms with E-state index in [2.05, 4.69) is 5.10 Å². The molecule has 112 valence electrons. The Morgan fingerprint density at radius 2 is 1.95 bits per heavy atom. The Morgan fingerprint density at radius 3 is 2.62 bits per heavy atom. The molecule has 0 aliphatic heterocycles. The van der Waals surface area contributed by atoms with E-state index in [-0.39, 0.29) is 12.6 Å². The lowest BCUT2D eigenvalue weighted by Gasteiger charge is -2.10. The molecule has 1 heterocycles. The minimum atomic E-state index is -0.360. The van der Waals surface area contributed by atoms with E-state index >= 15 is 0 Å². The number of hydrogen-bond donors (Lipinski definition) is 1. The molecule has 0 radical (unpaired) electrons. The van der Waals surface area contributed by atoms with E-state index < -0.39 is 0 Å². The van der Waals surface area contributed by atoms with Crippen LogP contribution in [0.25, 0.3) is 0 Å². The van der Waals surface area contributed by atoms with Gasteiger partial charge in [0.15, 0.2) is 0 Å². The van der Waals surface area contributed by atoms with Gasteiger partial charge in [0.05, 0.1) is 17.0 Å². The maximum Gasteiger partial charge on any atom is 0.338 e. The maximum absolute atomic E-state index is 12.2. The van der Waals surface area contributed by atoms with Crippen molar-refractivity contribution < 1.29 is 9.53 Å². The molecule has 0 saturated carbocycles. The number of carbonyl (C=O) groups excluding carboxylic acids is 1. The zero-order valence-electron chi connectivity index (χ0n) is 12.9. The molecule has 0 atom stereocenters. The molecule has 1 aromatic carbocycles. The fraction of sp³-hybridized carbons (Fsp3) is 0.375. The van der Waals surface area contributed by atoms with E-state index in [1.54, 1.807) is 6.07 Å². The number of nitrogens with zero attached hydrogens (tertiary/aromatic N) is 2. The van der Waals surface area contributed by atoms with Crippen LogP contribution in [-0.2, 0) is 17.9 Å².